The van der Waals surface area contributed by atoms with Crippen LogP contribution in [0.5, 0.6) is 0 Å². The van der Waals surface area contributed by atoms with Crippen molar-refractivity contribution < 1.29 is 22.4 Å². The fourth-order valence-corrected chi connectivity index (χ4v) is 4.60. The molecular weight excluding hydrogens is 481 g/mol. The summed E-state index contributed by atoms with van der Waals surface area (Å²) in [6.45, 7) is 6.59. The van der Waals surface area contributed by atoms with Crippen LogP contribution in [-0.2, 0) is 26.2 Å². The van der Waals surface area contributed by atoms with Gasteiger partial charge in [-0.25, -0.2) is 12.8 Å². The molecule has 0 aliphatic carbocycles. The first-order valence-corrected chi connectivity index (χ1v) is 13.1. The maximum Gasteiger partial charge on any atom is 0.244 e. The predicted octanol–water partition coefficient (Wildman–Crippen LogP) is 3.89. The Balaban J connectivity index is 2.48. The molecule has 2 rings (SSSR count). The third kappa shape index (κ3) is 7.43. The van der Waals surface area contributed by atoms with Crippen LogP contribution in [0.4, 0.5) is 10.1 Å². The lowest BCUT2D eigenvalue weighted by molar-refractivity contribution is -0.140. The van der Waals surface area contributed by atoms with Crippen LogP contribution in [0.15, 0.2) is 42.5 Å². The molecule has 2 aromatic carbocycles. The van der Waals surface area contributed by atoms with Crippen LogP contribution in [0.3, 0.4) is 0 Å². The second-order valence-corrected chi connectivity index (χ2v) is 10.8. The zero-order valence-corrected chi connectivity index (χ0v) is 21.6. The molecule has 0 aliphatic heterocycles. The number of nitrogens with one attached hydrogen (secondary N) is 1. The molecule has 1 atom stereocenters. The smallest absolute Gasteiger partial charge is 0.244 e. The SMILES string of the molecule is CCC(C(=O)NC(C)C)N(Cc1ccc(F)cc1)C(=O)CN(c1cc(Cl)ccc1C)S(C)(=O)=O. The first kappa shape index (κ1) is 27.6. The van der Waals surface area contributed by atoms with E-state index < -0.39 is 34.3 Å². The molecule has 2 aromatic rings. The third-order valence-corrected chi connectivity index (χ3v) is 6.56. The van der Waals surface area contributed by atoms with Gasteiger partial charge in [0, 0.05) is 17.6 Å². The van der Waals surface area contributed by atoms with Gasteiger partial charge < -0.3 is 10.2 Å². The molecule has 2 amide bonds. The zero-order valence-electron chi connectivity index (χ0n) is 20.0. The molecule has 34 heavy (non-hydrogen) atoms. The van der Waals surface area contributed by atoms with Crippen molar-refractivity contribution in [3.05, 3.63) is 64.4 Å². The molecule has 186 valence electrons. The Kier molecular flexibility index (Phi) is 9.46. The number of carbonyl (C=O) groups excluding carboxylic acids is 2. The summed E-state index contributed by atoms with van der Waals surface area (Å²) in [6, 6.07) is 9.38. The summed E-state index contributed by atoms with van der Waals surface area (Å²) in [4.78, 5) is 27.8. The molecule has 7 nitrogen and oxygen atoms in total. The van der Waals surface area contributed by atoms with Crippen LogP contribution < -0.4 is 9.62 Å². The highest BCUT2D eigenvalue weighted by Gasteiger charge is 2.32. The van der Waals surface area contributed by atoms with Crippen LogP contribution >= 0.6 is 11.6 Å². The lowest BCUT2D eigenvalue weighted by atomic mass is 10.1. The fourth-order valence-electron chi connectivity index (χ4n) is 3.53. The first-order valence-electron chi connectivity index (χ1n) is 10.9. The number of amides is 2. The number of anilines is 1. The molecule has 0 aromatic heterocycles. The molecule has 0 heterocycles. The number of halogens is 2. The van der Waals surface area contributed by atoms with Gasteiger partial charge in [0.15, 0.2) is 0 Å². The van der Waals surface area contributed by atoms with Crippen LogP contribution in [0.25, 0.3) is 0 Å². The Labute approximate surface area is 205 Å². The van der Waals surface area contributed by atoms with E-state index in [1.165, 1.54) is 35.2 Å². The Hall–Kier alpha value is -2.65. The van der Waals surface area contributed by atoms with Crippen LogP contribution in [0.1, 0.15) is 38.3 Å². The van der Waals surface area contributed by atoms with E-state index in [0.717, 1.165) is 10.6 Å². The molecule has 0 aliphatic rings. The number of carbonyl (C=O) groups is 2. The van der Waals surface area contributed by atoms with Gasteiger partial charge in [-0.1, -0.05) is 36.7 Å². The molecule has 1 unspecified atom stereocenters. The monoisotopic (exact) mass is 511 g/mol. The van der Waals surface area contributed by atoms with Gasteiger partial charge in [0.25, 0.3) is 0 Å². The van der Waals surface area contributed by atoms with E-state index in [-0.39, 0.29) is 24.2 Å². The topological polar surface area (TPSA) is 86.8 Å². The summed E-state index contributed by atoms with van der Waals surface area (Å²) in [5.41, 5.74) is 1.51. The second kappa shape index (κ2) is 11.7. The highest BCUT2D eigenvalue weighted by atomic mass is 35.5. The van der Waals surface area contributed by atoms with E-state index >= 15 is 0 Å². The highest BCUT2D eigenvalue weighted by molar-refractivity contribution is 7.92. The Morgan fingerprint density at radius 3 is 2.26 bits per heavy atom. The van der Waals surface area contributed by atoms with Gasteiger partial charge in [-0.05, 0) is 62.6 Å². The van der Waals surface area contributed by atoms with E-state index in [0.29, 0.717) is 22.6 Å². The maximum absolute atomic E-state index is 13.6. The Morgan fingerprint density at radius 2 is 1.74 bits per heavy atom. The second-order valence-electron chi connectivity index (χ2n) is 8.44. The normalized spacial score (nSPS) is 12.4. The van der Waals surface area contributed by atoms with Crippen molar-refractivity contribution in [1.29, 1.82) is 0 Å². The number of nitrogens with zero attached hydrogens (tertiary/aromatic N) is 2. The van der Waals surface area contributed by atoms with Crippen molar-refractivity contribution in [2.24, 2.45) is 0 Å². The van der Waals surface area contributed by atoms with E-state index in [9.17, 15) is 22.4 Å². The summed E-state index contributed by atoms with van der Waals surface area (Å²) in [5.74, 6) is -1.34. The number of hydrogen-bond acceptors (Lipinski definition) is 4. The molecule has 10 heteroatoms. The predicted molar refractivity (Wildman–Crippen MR) is 133 cm³/mol. The van der Waals surface area contributed by atoms with Gasteiger partial charge >= 0.3 is 0 Å². The minimum atomic E-state index is -3.86. The van der Waals surface area contributed by atoms with Gasteiger partial charge in [-0.3, -0.25) is 13.9 Å². The van der Waals surface area contributed by atoms with Gasteiger partial charge in [0.1, 0.15) is 18.4 Å². The minimum Gasteiger partial charge on any atom is -0.352 e. The number of rotatable bonds is 10. The fraction of sp³-hybridized carbons (Fsp3) is 0.417. The number of hydrogen-bond donors (Lipinski definition) is 1. The third-order valence-electron chi connectivity index (χ3n) is 5.20. The van der Waals surface area contributed by atoms with Gasteiger partial charge in [0.2, 0.25) is 21.8 Å². The molecule has 1 N–H and O–H groups in total. The minimum absolute atomic E-state index is 0.00919. The lowest BCUT2D eigenvalue weighted by Gasteiger charge is -2.33. The molecule has 0 fully saturated rings. The van der Waals surface area contributed by atoms with Crippen LogP contribution in [0, 0.1) is 12.7 Å². The van der Waals surface area contributed by atoms with Crippen molar-refractivity contribution in [3.8, 4) is 0 Å². The summed E-state index contributed by atoms with van der Waals surface area (Å²) in [7, 11) is -3.86. The Bertz CT molecular complexity index is 1120. The van der Waals surface area contributed by atoms with Crippen molar-refractivity contribution >= 4 is 39.1 Å². The average Bonchev–Trinajstić information content (AvgIpc) is 2.73. The lowest BCUT2D eigenvalue weighted by Crippen LogP contribution is -2.53. The Morgan fingerprint density at radius 1 is 1.12 bits per heavy atom. The van der Waals surface area contributed by atoms with Crippen LogP contribution in [0.2, 0.25) is 5.02 Å². The first-order chi connectivity index (χ1) is 15.8. The van der Waals surface area contributed by atoms with Gasteiger partial charge in [-0.2, -0.15) is 0 Å². The highest BCUT2D eigenvalue weighted by Crippen LogP contribution is 2.27. The van der Waals surface area contributed by atoms with Crippen molar-refractivity contribution in [2.45, 2.75) is 52.7 Å². The number of benzene rings is 2. The molecular formula is C24H31ClFN3O4S. The van der Waals surface area contributed by atoms with Crippen molar-refractivity contribution in [2.75, 3.05) is 17.1 Å². The molecule has 0 saturated carbocycles. The quantitative estimate of drug-likeness (QED) is 0.524. The largest absolute Gasteiger partial charge is 0.352 e. The van der Waals surface area contributed by atoms with Gasteiger partial charge in [0.05, 0.1) is 11.9 Å². The number of aryl methyl sites for hydroxylation is 1. The average molecular weight is 512 g/mol. The van der Waals surface area contributed by atoms with Crippen LogP contribution in [-0.4, -0.2) is 50.0 Å². The standard InChI is InChI=1S/C24H31ClFN3O4S/c1-6-21(24(31)27-16(2)3)28(14-18-8-11-20(26)12-9-18)23(30)15-29(34(5,32)33)22-13-19(25)10-7-17(22)4/h7-13,16,21H,6,14-15H2,1-5H3,(H,27,31). The van der Waals surface area contributed by atoms with E-state index in [1.54, 1.807) is 26.0 Å². The molecule has 0 saturated heterocycles. The number of sulfonamides is 1. The van der Waals surface area contributed by atoms with E-state index in [1.807, 2.05) is 13.8 Å². The van der Waals surface area contributed by atoms with E-state index in [2.05, 4.69) is 5.32 Å². The summed E-state index contributed by atoms with van der Waals surface area (Å²) < 4.78 is 39.7. The van der Waals surface area contributed by atoms with Gasteiger partial charge in [-0.15, -0.1) is 0 Å². The van der Waals surface area contributed by atoms with Crippen molar-refractivity contribution in [1.82, 2.24) is 10.2 Å². The van der Waals surface area contributed by atoms with Crippen molar-refractivity contribution in [3.63, 3.8) is 0 Å². The zero-order chi connectivity index (χ0) is 25.6. The summed E-state index contributed by atoms with van der Waals surface area (Å²) in [5, 5.41) is 3.14. The summed E-state index contributed by atoms with van der Waals surface area (Å²) in [6.07, 6.45) is 1.31. The van der Waals surface area contributed by atoms with E-state index in [4.69, 9.17) is 11.6 Å². The molecule has 0 radical (unpaired) electrons. The molecule has 0 bridgehead atoms. The summed E-state index contributed by atoms with van der Waals surface area (Å²) >= 11 is 6.09. The maximum atomic E-state index is 13.6. The molecule has 0 spiro atoms.